The SMILES string of the molecule is NCc1cccc(C2(c3ccccc3F)COC2)c1. The monoisotopic (exact) mass is 257 g/mol. The van der Waals surface area contributed by atoms with Gasteiger partial charge in [0.15, 0.2) is 0 Å². The molecule has 0 atom stereocenters. The number of benzene rings is 2. The first-order valence-electron chi connectivity index (χ1n) is 6.38. The summed E-state index contributed by atoms with van der Waals surface area (Å²) >= 11 is 0. The van der Waals surface area contributed by atoms with Crippen molar-refractivity contribution < 1.29 is 9.13 Å². The number of halogens is 1. The minimum absolute atomic E-state index is 0.177. The Morgan fingerprint density at radius 1 is 1.11 bits per heavy atom. The molecule has 2 nitrogen and oxygen atoms in total. The lowest BCUT2D eigenvalue weighted by Gasteiger charge is -2.42. The number of rotatable bonds is 3. The van der Waals surface area contributed by atoms with Gasteiger partial charge in [0.2, 0.25) is 0 Å². The van der Waals surface area contributed by atoms with Gasteiger partial charge in [-0.2, -0.15) is 0 Å². The molecule has 1 fully saturated rings. The molecule has 2 aromatic carbocycles. The molecule has 2 aromatic rings. The van der Waals surface area contributed by atoms with Gasteiger partial charge >= 0.3 is 0 Å². The summed E-state index contributed by atoms with van der Waals surface area (Å²) in [4.78, 5) is 0. The molecule has 1 aliphatic rings. The highest BCUT2D eigenvalue weighted by Gasteiger charge is 2.43. The standard InChI is InChI=1S/C16H16FNO/c17-15-7-2-1-6-14(15)16(10-19-11-16)13-5-3-4-12(8-13)9-18/h1-8H,9-11,18H2. The Balaban J connectivity index is 2.11. The summed E-state index contributed by atoms with van der Waals surface area (Å²) in [5.41, 5.74) is 8.16. The van der Waals surface area contributed by atoms with Crippen molar-refractivity contribution in [3.8, 4) is 0 Å². The van der Waals surface area contributed by atoms with Crippen LogP contribution in [0.5, 0.6) is 0 Å². The first kappa shape index (κ1) is 12.3. The number of hydrogen-bond donors (Lipinski definition) is 1. The van der Waals surface area contributed by atoms with E-state index in [0.717, 1.165) is 11.1 Å². The van der Waals surface area contributed by atoms with E-state index < -0.39 is 0 Å². The lowest BCUT2D eigenvalue weighted by Crippen LogP contribution is -2.48. The van der Waals surface area contributed by atoms with Crippen LogP contribution in [0.1, 0.15) is 16.7 Å². The van der Waals surface area contributed by atoms with Crippen LogP contribution in [0, 0.1) is 5.82 Å². The average Bonchev–Trinajstić information content (AvgIpc) is 2.40. The van der Waals surface area contributed by atoms with Crippen LogP contribution in [0.15, 0.2) is 48.5 Å². The number of hydrogen-bond acceptors (Lipinski definition) is 2. The molecular formula is C16H16FNO. The van der Waals surface area contributed by atoms with Crippen LogP contribution in [-0.4, -0.2) is 13.2 Å². The molecule has 0 bridgehead atoms. The highest BCUT2D eigenvalue weighted by atomic mass is 19.1. The second-order valence-electron chi connectivity index (χ2n) is 4.96. The zero-order chi connectivity index (χ0) is 13.3. The Labute approximate surface area is 112 Å². The van der Waals surface area contributed by atoms with Crippen molar-refractivity contribution in [1.82, 2.24) is 0 Å². The lowest BCUT2D eigenvalue weighted by atomic mass is 9.72. The first-order valence-corrected chi connectivity index (χ1v) is 6.38. The second-order valence-corrected chi connectivity index (χ2v) is 4.96. The Bertz CT molecular complexity index is 593. The predicted molar refractivity (Wildman–Crippen MR) is 72.3 cm³/mol. The van der Waals surface area contributed by atoms with E-state index in [9.17, 15) is 4.39 Å². The van der Waals surface area contributed by atoms with Gasteiger partial charge in [0.05, 0.1) is 18.6 Å². The van der Waals surface area contributed by atoms with Crippen molar-refractivity contribution in [3.63, 3.8) is 0 Å². The van der Waals surface area contributed by atoms with Gasteiger partial charge in [-0.05, 0) is 17.2 Å². The predicted octanol–water partition coefficient (Wildman–Crippen LogP) is 2.60. The molecular weight excluding hydrogens is 241 g/mol. The van der Waals surface area contributed by atoms with E-state index in [0.29, 0.717) is 25.3 Å². The molecule has 19 heavy (non-hydrogen) atoms. The van der Waals surface area contributed by atoms with Crippen molar-refractivity contribution in [3.05, 3.63) is 71.0 Å². The summed E-state index contributed by atoms with van der Waals surface area (Å²) in [6.07, 6.45) is 0. The zero-order valence-corrected chi connectivity index (χ0v) is 10.6. The highest BCUT2D eigenvalue weighted by molar-refractivity contribution is 5.43. The highest BCUT2D eigenvalue weighted by Crippen LogP contribution is 2.40. The fourth-order valence-corrected chi connectivity index (χ4v) is 2.63. The van der Waals surface area contributed by atoms with E-state index in [1.54, 1.807) is 6.07 Å². The summed E-state index contributed by atoms with van der Waals surface area (Å²) in [5.74, 6) is -0.177. The Morgan fingerprint density at radius 3 is 2.53 bits per heavy atom. The van der Waals surface area contributed by atoms with E-state index in [1.165, 1.54) is 6.07 Å². The average molecular weight is 257 g/mol. The van der Waals surface area contributed by atoms with E-state index in [-0.39, 0.29) is 11.2 Å². The first-order chi connectivity index (χ1) is 9.26. The molecule has 0 radical (unpaired) electrons. The van der Waals surface area contributed by atoms with Gasteiger partial charge in [0.1, 0.15) is 5.82 Å². The largest absolute Gasteiger partial charge is 0.379 e. The molecule has 0 saturated carbocycles. The maximum Gasteiger partial charge on any atom is 0.127 e. The molecule has 0 aliphatic carbocycles. The minimum Gasteiger partial charge on any atom is -0.379 e. The van der Waals surface area contributed by atoms with Crippen LogP contribution in [-0.2, 0) is 16.7 Å². The van der Waals surface area contributed by atoms with Crippen LogP contribution in [0.3, 0.4) is 0 Å². The number of ether oxygens (including phenoxy) is 1. The molecule has 1 saturated heterocycles. The summed E-state index contributed by atoms with van der Waals surface area (Å²) in [6.45, 7) is 1.52. The summed E-state index contributed by atoms with van der Waals surface area (Å²) < 4.78 is 19.5. The Hall–Kier alpha value is -1.71. The third-order valence-corrected chi connectivity index (χ3v) is 3.80. The van der Waals surface area contributed by atoms with Gasteiger partial charge in [0, 0.05) is 12.1 Å². The van der Waals surface area contributed by atoms with Crippen LogP contribution in [0.4, 0.5) is 4.39 Å². The third-order valence-electron chi connectivity index (χ3n) is 3.80. The summed E-state index contributed by atoms with van der Waals surface area (Å²) in [5, 5.41) is 0. The van der Waals surface area contributed by atoms with Gasteiger partial charge in [-0.15, -0.1) is 0 Å². The maximum absolute atomic E-state index is 14.1. The molecule has 0 unspecified atom stereocenters. The normalized spacial score (nSPS) is 16.9. The van der Waals surface area contributed by atoms with Gasteiger partial charge in [-0.25, -0.2) is 4.39 Å². The van der Waals surface area contributed by atoms with Crippen LogP contribution in [0.25, 0.3) is 0 Å². The van der Waals surface area contributed by atoms with E-state index in [1.807, 2.05) is 30.3 Å². The molecule has 98 valence electrons. The smallest absolute Gasteiger partial charge is 0.127 e. The topological polar surface area (TPSA) is 35.2 Å². The fourth-order valence-electron chi connectivity index (χ4n) is 2.63. The molecule has 1 heterocycles. The molecule has 1 aliphatic heterocycles. The zero-order valence-electron chi connectivity index (χ0n) is 10.6. The fraction of sp³-hybridized carbons (Fsp3) is 0.250. The summed E-state index contributed by atoms with van der Waals surface area (Å²) in [7, 11) is 0. The van der Waals surface area contributed by atoms with E-state index >= 15 is 0 Å². The van der Waals surface area contributed by atoms with Crippen LogP contribution < -0.4 is 5.73 Å². The van der Waals surface area contributed by atoms with E-state index in [2.05, 4.69) is 6.07 Å². The van der Waals surface area contributed by atoms with Crippen molar-refractivity contribution in [2.75, 3.05) is 13.2 Å². The molecule has 3 heteroatoms. The van der Waals surface area contributed by atoms with Crippen LogP contribution >= 0.6 is 0 Å². The van der Waals surface area contributed by atoms with E-state index in [4.69, 9.17) is 10.5 Å². The quantitative estimate of drug-likeness (QED) is 0.917. The van der Waals surface area contributed by atoms with Gasteiger partial charge in [-0.3, -0.25) is 0 Å². The Morgan fingerprint density at radius 2 is 1.89 bits per heavy atom. The molecule has 0 aromatic heterocycles. The van der Waals surface area contributed by atoms with Crippen molar-refractivity contribution in [2.45, 2.75) is 12.0 Å². The van der Waals surface area contributed by atoms with Crippen LogP contribution in [0.2, 0.25) is 0 Å². The van der Waals surface area contributed by atoms with Gasteiger partial charge < -0.3 is 10.5 Å². The molecule has 2 N–H and O–H groups in total. The molecule has 3 rings (SSSR count). The van der Waals surface area contributed by atoms with Crippen molar-refractivity contribution in [1.29, 1.82) is 0 Å². The third kappa shape index (κ3) is 1.95. The van der Waals surface area contributed by atoms with Gasteiger partial charge in [-0.1, -0.05) is 42.5 Å². The Kier molecular flexibility index (Phi) is 3.09. The van der Waals surface area contributed by atoms with Crippen molar-refractivity contribution >= 4 is 0 Å². The lowest BCUT2D eigenvalue weighted by molar-refractivity contribution is -0.0395. The second kappa shape index (κ2) is 4.76. The molecule has 0 spiro atoms. The maximum atomic E-state index is 14.1. The minimum atomic E-state index is -0.365. The van der Waals surface area contributed by atoms with Gasteiger partial charge in [0.25, 0.3) is 0 Å². The number of nitrogens with two attached hydrogens (primary N) is 1. The van der Waals surface area contributed by atoms with Crippen molar-refractivity contribution in [2.24, 2.45) is 5.73 Å². The summed E-state index contributed by atoms with van der Waals surface area (Å²) in [6, 6.07) is 14.9. The molecule has 0 amide bonds.